The summed E-state index contributed by atoms with van der Waals surface area (Å²) in [4.78, 5) is 33.4. The molecule has 0 spiro atoms. The van der Waals surface area contributed by atoms with E-state index in [1.165, 1.54) is 17.0 Å². The molecule has 0 N–H and O–H groups in total. The Kier molecular flexibility index (Phi) is 3.89. The molecule has 1 amide bonds. The average molecular weight is 297 g/mol. The number of non-ortho nitro benzene ring substituents is 2. The van der Waals surface area contributed by atoms with Gasteiger partial charge in [-0.15, -0.1) is 0 Å². The lowest BCUT2D eigenvalue weighted by atomic mass is 10.1. The lowest BCUT2D eigenvalue weighted by Crippen LogP contribution is -2.24. The smallest absolute Gasteiger partial charge is 0.278 e. The number of benzene rings is 1. The van der Waals surface area contributed by atoms with Gasteiger partial charge in [-0.1, -0.05) is 0 Å². The van der Waals surface area contributed by atoms with E-state index >= 15 is 0 Å². The number of anilines is 1. The SMILES string of the molecule is O=C1CC(CS)CN1c1cc([N+](=O)[O-])cc([N+](=O)[O-])c1. The van der Waals surface area contributed by atoms with E-state index in [-0.39, 0.29) is 17.5 Å². The zero-order valence-electron chi connectivity index (χ0n) is 10.3. The summed E-state index contributed by atoms with van der Waals surface area (Å²) in [6.45, 7) is 0.362. The molecule has 1 aliphatic rings. The summed E-state index contributed by atoms with van der Waals surface area (Å²) < 4.78 is 0. The first-order valence-corrected chi connectivity index (χ1v) is 6.40. The molecule has 1 aromatic rings. The molecule has 0 aliphatic carbocycles. The predicted octanol–water partition coefficient (Wildman–Crippen LogP) is 1.79. The van der Waals surface area contributed by atoms with Gasteiger partial charge in [-0.2, -0.15) is 12.6 Å². The van der Waals surface area contributed by atoms with Crippen molar-refractivity contribution in [2.24, 2.45) is 5.92 Å². The van der Waals surface area contributed by atoms with Crippen LogP contribution in [-0.2, 0) is 4.79 Å². The average Bonchev–Trinajstić information content (AvgIpc) is 2.79. The second kappa shape index (κ2) is 5.45. The van der Waals surface area contributed by atoms with E-state index in [4.69, 9.17) is 0 Å². The van der Waals surface area contributed by atoms with Crippen molar-refractivity contribution in [2.45, 2.75) is 6.42 Å². The standard InChI is InChI=1S/C11H11N3O5S/c15-11-1-7(6-20)5-12(11)8-2-9(13(16)17)4-10(3-8)14(18)19/h2-4,7,20H,1,5-6H2. The van der Waals surface area contributed by atoms with E-state index in [9.17, 15) is 25.0 Å². The number of hydrogen-bond donors (Lipinski definition) is 1. The van der Waals surface area contributed by atoms with E-state index < -0.39 is 21.2 Å². The van der Waals surface area contributed by atoms with Crippen molar-refractivity contribution < 1.29 is 14.6 Å². The lowest BCUT2D eigenvalue weighted by molar-refractivity contribution is -0.394. The maximum absolute atomic E-state index is 11.9. The summed E-state index contributed by atoms with van der Waals surface area (Å²) >= 11 is 4.12. The molecule has 1 aliphatic heterocycles. The lowest BCUT2D eigenvalue weighted by Gasteiger charge is -2.16. The number of thiol groups is 1. The third kappa shape index (κ3) is 2.72. The van der Waals surface area contributed by atoms with Crippen molar-refractivity contribution in [3.63, 3.8) is 0 Å². The monoisotopic (exact) mass is 297 g/mol. The van der Waals surface area contributed by atoms with E-state index in [0.29, 0.717) is 18.7 Å². The normalized spacial score (nSPS) is 18.4. The van der Waals surface area contributed by atoms with Crippen LogP contribution in [0.4, 0.5) is 17.1 Å². The van der Waals surface area contributed by atoms with Gasteiger partial charge in [0.25, 0.3) is 11.4 Å². The van der Waals surface area contributed by atoms with Crippen molar-refractivity contribution in [1.82, 2.24) is 0 Å². The van der Waals surface area contributed by atoms with Gasteiger partial charge < -0.3 is 4.90 Å². The summed E-state index contributed by atoms with van der Waals surface area (Å²) in [5.74, 6) is 0.349. The van der Waals surface area contributed by atoms with Gasteiger partial charge in [0.15, 0.2) is 0 Å². The number of carbonyl (C=O) groups excluding carboxylic acids is 1. The largest absolute Gasteiger partial charge is 0.312 e. The summed E-state index contributed by atoms with van der Waals surface area (Å²) in [7, 11) is 0. The molecule has 9 heteroatoms. The molecule has 20 heavy (non-hydrogen) atoms. The van der Waals surface area contributed by atoms with Crippen LogP contribution >= 0.6 is 12.6 Å². The first-order valence-electron chi connectivity index (χ1n) is 5.77. The second-order valence-corrected chi connectivity index (χ2v) is 4.84. The van der Waals surface area contributed by atoms with E-state index in [2.05, 4.69) is 12.6 Å². The minimum Gasteiger partial charge on any atom is -0.312 e. The quantitative estimate of drug-likeness (QED) is 0.518. The highest BCUT2D eigenvalue weighted by molar-refractivity contribution is 7.80. The van der Waals surface area contributed by atoms with Crippen LogP contribution in [0.15, 0.2) is 18.2 Å². The van der Waals surface area contributed by atoms with Crippen LogP contribution in [0.3, 0.4) is 0 Å². The Morgan fingerprint density at radius 3 is 2.15 bits per heavy atom. The maximum atomic E-state index is 11.9. The molecule has 0 radical (unpaired) electrons. The molecule has 0 aromatic heterocycles. The van der Waals surface area contributed by atoms with Crippen LogP contribution in [0.2, 0.25) is 0 Å². The summed E-state index contributed by atoms with van der Waals surface area (Å²) in [5, 5.41) is 21.6. The Labute approximate surface area is 119 Å². The van der Waals surface area contributed by atoms with Crippen LogP contribution in [0.5, 0.6) is 0 Å². The van der Waals surface area contributed by atoms with Gasteiger partial charge in [-0.25, -0.2) is 0 Å². The fourth-order valence-electron chi connectivity index (χ4n) is 2.10. The number of carbonyl (C=O) groups is 1. The molecule has 1 fully saturated rings. The number of amides is 1. The molecule has 2 rings (SSSR count). The van der Waals surface area contributed by atoms with Crippen LogP contribution in [0.1, 0.15) is 6.42 Å². The number of rotatable bonds is 4. The van der Waals surface area contributed by atoms with E-state index in [0.717, 1.165) is 6.07 Å². The van der Waals surface area contributed by atoms with Gasteiger partial charge in [0.1, 0.15) is 0 Å². The van der Waals surface area contributed by atoms with Gasteiger partial charge >= 0.3 is 0 Å². The third-order valence-electron chi connectivity index (χ3n) is 3.08. The second-order valence-electron chi connectivity index (χ2n) is 4.48. The molecule has 1 atom stereocenters. The first-order chi connectivity index (χ1) is 9.42. The molecule has 1 heterocycles. The molecule has 0 bridgehead atoms. The van der Waals surface area contributed by atoms with Crippen LogP contribution in [-0.4, -0.2) is 28.1 Å². The Balaban J connectivity index is 2.43. The van der Waals surface area contributed by atoms with Crippen molar-refractivity contribution in [1.29, 1.82) is 0 Å². The van der Waals surface area contributed by atoms with Crippen molar-refractivity contribution in [2.75, 3.05) is 17.2 Å². The van der Waals surface area contributed by atoms with Crippen molar-refractivity contribution in [3.05, 3.63) is 38.4 Å². The van der Waals surface area contributed by atoms with Crippen LogP contribution < -0.4 is 4.90 Å². The molecule has 8 nitrogen and oxygen atoms in total. The highest BCUT2D eigenvalue weighted by Crippen LogP contribution is 2.32. The van der Waals surface area contributed by atoms with Gasteiger partial charge in [-0.3, -0.25) is 25.0 Å². The zero-order chi connectivity index (χ0) is 14.9. The third-order valence-corrected chi connectivity index (χ3v) is 3.60. The summed E-state index contributed by atoms with van der Waals surface area (Å²) in [6.07, 6.45) is 0.292. The fourth-order valence-corrected chi connectivity index (χ4v) is 2.34. The molecule has 1 aromatic carbocycles. The van der Waals surface area contributed by atoms with Crippen molar-refractivity contribution in [3.8, 4) is 0 Å². The molecule has 1 saturated heterocycles. The number of nitro benzene ring substituents is 2. The fraction of sp³-hybridized carbons (Fsp3) is 0.364. The van der Waals surface area contributed by atoms with E-state index in [1.54, 1.807) is 0 Å². The van der Waals surface area contributed by atoms with Gasteiger partial charge in [-0.05, 0) is 11.7 Å². The number of hydrogen-bond acceptors (Lipinski definition) is 6. The predicted molar refractivity (Wildman–Crippen MR) is 74.1 cm³/mol. The van der Waals surface area contributed by atoms with Crippen LogP contribution in [0, 0.1) is 26.1 Å². The zero-order valence-corrected chi connectivity index (χ0v) is 11.2. The van der Waals surface area contributed by atoms with Gasteiger partial charge in [0.05, 0.1) is 21.6 Å². The molecule has 1 unspecified atom stereocenters. The minimum atomic E-state index is -0.715. The van der Waals surface area contributed by atoms with E-state index in [1.807, 2.05) is 0 Å². The number of nitrogens with zero attached hydrogens (tertiary/aromatic N) is 3. The molecule has 0 saturated carbocycles. The Bertz CT molecular complexity index is 559. The summed E-state index contributed by atoms with van der Waals surface area (Å²) in [5.41, 5.74) is -0.632. The first kappa shape index (κ1) is 14.3. The molecular formula is C11H11N3O5S. The highest BCUT2D eigenvalue weighted by atomic mass is 32.1. The van der Waals surface area contributed by atoms with Crippen molar-refractivity contribution >= 4 is 35.6 Å². The highest BCUT2D eigenvalue weighted by Gasteiger charge is 2.31. The topological polar surface area (TPSA) is 107 Å². The van der Waals surface area contributed by atoms with Crippen LogP contribution in [0.25, 0.3) is 0 Å². The van der Waals surface area contributed by atoms with Gasteiger partial charge in [0.2, 0.25) is 5.91 Å². The molecular weight excluding hydrogens is 286 g/mol. The Morgan fingerprint density at radius 2 is 1.75 bits per heavy atom. The maximum Gasteiger partial charge on any atom is 0.278 e. The van der Waals surface area contributed by atoms with Gasteiger partial charge in [0, 0.05) is 25.1 Å². The Morgan fingerprint density at radius 1 is 1.20 bits per heavy atom. The summed E-state index contributed by atoms with van der Waals surface area (Å²) in [6, 6.07) is 3.22. The Hall–Kier alpha value is -2.16. The number of nitro groups is 2. The minimum absolute atomic E-state index is 0.0455. The molecule has 106 valence electrons.